The third-order valence-electron chi connectivity index (χ3n) is 2.57. The van der Waals surface area contributed by atoms with Crippen molar-refractivity contribution in [2.45, 2.75) is 4.90 Å². The molecule has 2 aromatic carbocycles. The van der Waals surface area contributed by atoms with Gasteiger partial charge in [-0.25, -0.2) is 0 Å². The minimum atomic E-state index is -1.57. The molecular weight excluding hydrogens is 331 g/mol. The van der Waals surface area contributed by atoms with Crippen LogP contribution in [-0.2, 0) is 15.6 Å². The van der Waals surface area contributed by atoms with Crippen LogP contribution < -0.4 is 11.1 Å². The van der Waals surface area contributed by atoms with Crippen molar-refractivity contribution in [2.24, 2.45) is 0 Å². The van der Waals surface area contributed by atoms with Crippen LogP contribution in [0.3, 0.4) is 0 Å². The quantitative estimate of drug-likeness (QED) is 0.837. The summed E-state index contributed by atoms with van der Waals surface area (Å²) in [4.78, 5) is 12.2. The van der Waals surface area contributed by atoms with Crippen LogP contribution in [0.5, 0.6) is 0 Å². The Hall–Kier alpha value is -1.56. The van der Waals surface area contributed by atoms with Crippen molar-refractivity contribution in [3.63, 3.8) is 0 Å². The monoisotopic (exact) mass is 342 g/mol. The predicted molar refractivity (Wildman–Crippen MR) is 87.2 cm³/mol. The van der Waals surface area contributed by atoms with Crippen molar-refractivity contribution in [3.05, 3.63) is 52.5 Å². The number of hydrogen-bond acceptors (Lipinski definition) is 3. The largest absolute Gasteiger partial charge is 0.399 e. The van der Waals surface area contributed by atoms with Crippen LogP contribution in [0.4, 0.5) is 11.4 Å². The van der Waals surface area contributed by atoms with E-state index in [4.69, 9.17) is 28.9 Å². The summed E-state index contributed by atoms with van der Waals surface area (Å²) >= 11 is 11.8. The molecule has 1 amide bonds. The maximum absolute atomic E-state index is 12.2. The normalized spacial score (nSPS) is 11.9. The van der Waals surface area contributed by atoms with Crippen LogP contribution in [0.2, 0.25) is 10.0 Å². The Balaban J connectivity index is 2.05. The van der Waals surface area contributed by atoms with Gasteiger partial charge in [0, 0.05) is 16.4 Å². The van der Waals surface area contributed by atoms with Gasteiger partial charge in [0.15, 0.2) is 0 Å². The molecular formula is C14H12Cl2N2O2S. The van der Waals surface area contributed by atoms with Crippen LogP contribution in [0.15, 0.2) is 47.4 Å². The number of halogens is 2. The van der Waals surface area contributed by atoms with Gasteiger partial charge in [-0.15, -0.1) is 0 Å². The molecule has 0 bridgehead atoms. The van der Waals surface area contributed by atoms with Gasteiger partial charge in [-0.1, -0.05) is 29.3 Å². The number of amides is 1. The number of nitrogen functional groups attached to an aromatic ring is 1. The average Bonchev–Trinajstić information content (AvgIpc) is 2.41. The summed E-state index contributed by atoms with van der Waals surface area (Å²) in [6, 6.07) is 11.4. The van der Waals surface area contributed by atoms with Crippen molar-refractivity contribution >= 4 is 51.3 Å². The Kier molecular flexibility index (Phi) is 5.22. The zero-order valence-electron chi connectivity index (χ0n) is 10.8. The van der Waals surface area contributed by atoms with Gasteiger partial charge in [-0.3, -0.25) is 9.00 Å². The first-order valence-electron chi connectivity index (χ1n) is 5.94. The van der Waals surface area contributed by atoms with Crippen LogP contribution in [-0.4, -0.2) is 15.9 Å². The van der Waals surface area contributed by atoms with Crippen molar-refractivity contribution in [3.8, 4) is 0 Å². The van der Waals surface area contributed by atoms with Crippen LogP contribution in [0.1, 0.15) is 0 Å². The number of carbonyl (C=O) groups excluding carboxylic acids is 1. The second-order valence-corrected chi connectivity index (χ2v) is 6.50. The number of benzene rings is 2. The number of hydrogen-bond donors (Lipinski definition) is 2. The molecule has 0 fully saturated rings. The van der Waals surface area contributed by atoms with Gasteiger partial charge in [-0.05, 0) is 36.4 Å². The third kappa shape index (κ3) is 4.46. The Labute approximate surface area is 134 Å². The molecule has 7 heteroatoms. The molecule has 0 aliphatic heterocycles. The molecule has 0 aromatic heterocycles. The van der Waals surface area contributed by atoms with Crippen molar-refractivity contribution in [2.75, 3.05) is 16.8 Å². The second-order valence-electron chi connectivity index (χ2n) is 4.24. The minimum absolute atomic E-state index is 0.213. The maximum atomic E-state index is 12.2. The highest BCUT2D eigenvalue weighted by atomic mass is 35.5. The molecule has 0 aliphatic carbocycles. The molecule has 4 nitrogen and oxygen atoms in total. The maximum Gasteiger partial charge on any atom is 0.237 e. The molecule has 2 rings (SSSR count). The summed E-state index contributed by atoms with van der Waals surface area (Å²) in [5.41, 5.74) is 6.70. The zero-order chi connectivity index (χ0) is 15.4. The van der Waals surface area contributed by atoms with Crippen molar-refractivity contribution < 1.29 is 9.00 Å². The molecule has 0 radical (unpaired) electrons. The molecule has 0 saturated heterocycles. The van der Waals surface area contributed by atoms with E-state index >= 15 is 0 Å². The van der Waals surface area contributed by atoms with Gasteiger partial charge in [0.2, 0.25) is 5.91 Å². The van der Waals surface area contributed by atoms with E-state index < -0.39 is 16.7 Å². The number of rotatable bonds is 4. The fraction of sp³-hybridized carbons (Fsp3) is 0.0714. The molecule has 3 N–H and O–H groups in total. The van der Waals surface area contributed by atoms with Gasteiger partial charge >= 0.3 is 0 Å². The molecule has 1 unspecified atom stereocenters. The van der Waals surface area contributed by atoms with E-state index in [0.717, 1.165) is 0 Å². The summed E-state index contributed by atoms with van der Waals surface area (Å²) in [5.74, 6) is -0.607. The van der Waals surface area contributed by atoms with E-state index in [-0.39, 0.29) is 5.75 Å². The summed E-state index contributed by atoms with van der Waals surface area (Å²) in [7, 11) is -1.57. The lowest BCUT2D eigenvalue weighted by atomic mass is 10.3. The van der Waals surface area contributed by atoms with Gasteiger partial charge in [0.05, 0.1) is 20.7 Å². The van der Waals surface area contributed by atoms with Crippen LogP contribution >= 0.6 is 23.2 Å². The summed E-state index contributed by atoms with van der Waals surface area (Å²) in [5, 5.41) is 3.36. The second kappa shape index (κ2) is 6.93. The summed E-state index contributed by atoms with van der Waals surface area (Å²) in [6.07, 6.45) is 0. The standard InChI is InChI=1S/C14H12Cl2N2O2S/c15-9-4-5-12(16)13(6-9)21(20)8-14(19)18-11-3-1-2-10(17)7-11/h1-7H,8,17H2,(H,18,19). The molecule has 2 aromatic rings. The third-order valence-corrected chi connectivity index (χ3v) is 4.60. The van der Waals surface area contributed by atoms with Crippen LogP contribution in [0.25, 0.3) is 0 Å². The number of nitrogens with one attached hydrogen (secondary N) is 1. The fourth-order valence-electron chi connectivity index (χ4n) is 1.66. The van der Waals surface area contributed by atoms with E-state index in [1.54, 1.807) is 36.4 Å². The molecule has 21 heavy (non-hydrogen) atoms. The molecule has 0 heterocycles. The first kappa shape index (κ1) is 15.8. The summed E-state index contributed by atoms with van der Waals surface area (Å²) in [6.45, 7) is 0. The zero-order valence-corrected chi connectivity index (χ0v) is 13.1. The smallest absolute Gasteiger partial charge is 0.237 e. The molecule has 0 saturated carbocycles. The van der Waals surface area contributed by atoms with E-state index in [2.05, 4.69) is 5.32 Å². The Morgan fingerprint density at radius 1 is 1.19 bits per heavy atom. The Bertz CT molecular complexity index is 707. The molecule has 110 valence electrons. The van der Waals surface area contributed by atoms with E-state index in [0.29, 0.717) is 26.3 Å². The first-order chi connectivity index (χ1) is 9.95. The topological polar surface area (TPSA) is 72.2 Å². The van der Waals surface area contributed by atoms with Gasteiger partial charge in [0.1, 0.15) is 5.75 Å². The highest BCUT2D eigenvalue weighted by molar-refractivity contribution is 7.86. The Morgan fingerprint density at radius 3 is 2.67 bits per heavy atom. The highest BCUT2D eigenvalue weighted by Gasteiger charge is 2.14. The molecule has 1 atom stereocenters. The fourth-order valence-corrected chi connectivity index (χ4v) is 3.28. The number of anilines is 2. The lowest BCUT2D eigenvalue weighted by Gasteiger charge is -2.07. The first-order valence-corrected chi connectivity index (χ1v) is 8.02. The van der Waals surface area contributed by atoms with E-state index in [9.17, 15) is 9.00 Å². The van der Waals surface area contributed by atoms with Crippen molar-refractivity contribution in [1.29, 1.82) is 0 Å². The minimum Gasteiger partial charge on any atom is -0.399 e. The number of carbonyl (C=O) groups is 1. The lowest BCUT2D eigenvalue weighted by Crippen LogP contribution is -2.19. The Morgan fingerprint density at radius 2 is 1.95 bits per heavy atom. The van der Waals surface area contributed by atoms with Crippen molar-refractivity contribution in [1.82, 2.24) is 0 Å². The highest BCUT2D eigenvalue weighted by Crippen LogP contribution is 2.24. The lowest BCUT2D eigenvalue weighted by molar-refractivity contribution is -0.113. The average molecular weight is 343 g/mol. The number of nitrogens with two attached hydrogens (primary N) is 1. The molecule has 0 spiro atoms. The predicted octanol–water partition coefficient (Wildman–Crippen LogP) is 3.32. The van der Waals surface area contributed by atoms with Gasteiger partial charge in [-0.2, -0.15) is 0 Å². The van der Waals surface area contributed by atoms with E-state index in [1.165, 1.54) is 6.07 Å². The van der Waals surface area contributed by atoms with Gasteiger partial charge < -0.3 is 11.1 Å². The molecule has 0 aliphatic rings. The SMILES string of the molecule is Nc1cccc(NC(=O)CS(=O)c2cc(Cl)ccc2Cl)c1. The van der Waals surface area contributed by atoms with Gasteiger partial charge in [0.25, 0.3) is 0 Å². The van der Waals surface area contributed by atoms with E-state index in [1.807, 2.05) is 0 Å². The van der Waals surface area contributed by atoms with Crippen LogP contribution in [0, 0.1) is 0 Å². The summed E-state index contributed by atoms with van der Waals surface area (Å²) < 4.78 is 12.2.